The third-order valence-electron chi connectivity index (χ3n) is 3.75. The van der Waals surface area contributed by atoms with Gasteiger partial charge in [-0.15, -0.1) is 0 Å². The molecule has 0 saturated carbocycles. The smallest absolute Gasteiger partial charge is 0.126 e. The highest BCUT2D eigenvalue weighted by Gasteiger charge is 2.17. The van der Waals surface area contributed by atoms with Crippen molar-refractivity contribution in [2.24, 2.45) is 12.9 Å². The summed E-state index contributed by atoms with van der Waals surface area (Å²) in [7, 11) is 1.81. The van der Waals surface area contributed by atoms with Gasteiger partial charge in [0.15, 0.2) is 0 Å². The second-order valence-electron chi connectivity index (χ2n) is 5.02. The molecule has 5 N–H and O–H groups in total. The fourth-order valence-corrected chi connectivity index (χ4v) is 2.54. The number of benzene rings is 1. The van der Waals surface area contributed by atoms with Crippen LogP contribution < -0.4 is 17.0 Å². The number of hydrogen-bond acceptors (Lipinski definition) is 5. The van der Waals surface area contributed by atoms with Crippen molar-refractivity contribution in [2.45, 2.75) is 12.5 Å². The number of nitrogen functional groups attached to an aromatic ring is 1. The first kappa shape index (κ1) is 13.5. The lowest BCUT2D eigenvalue weighted by molar-refractivity contribution is 0.554. The molecule has 3 aromatic rings. The van der Waals surface area contributed by atoms with Crippen molar-refractivity contribution in [1.82, 2.24) is 20.2 Å². The highest BCUT2D eigenvalue weighted by Crippen LogP contribution is 2.25. The molecule has 2 aromatic heterocycles. The van der Waals surface area contributed by atoms with Crippen molar-refractivity contribution in [3.8, 4) is 0 Å². The van der Waals surface area contributed by atoms with Crippen LogP contribution in [0.1, 0.15) is 17.2 Å². The van der Waals surface area contributed by atoms with Crippen LogP contribution in [-0.4, -0.2) is 14.8 Å². The normalized spacial score (nSPS) is 12.7. The Morgan fingerprint density at radius 2 is 2.10 bits per heavy atom. The fraction of sp³-hybridized carbons (Fsp3) is 0.200. The zero-order chi connectivity index (χ0) is 14.8. The molecule has 0 radical (unpaired) electrons. The van der Waals surface area contributed by atoms with Crippen molar-refractivity contribution in [3.63, 3.8) is 0 Å². The summed E-state index contributed by atoms with van der Waals surface area (Å²) in [6, 6.07) is 9.98. The van der Waals surface area contributed by atoms with Crippen LogP contribution in [-0.2, 0) is 13.5 Å². The minimum atomic E-state index is -0.0930. The summed E-state index contributed by atoms with van der Waals surface area (Å²) in [6.07, 6.45) is 4.29. The van der Waals surface area contributed by atoms with Crippen LogP contribution >= 0.6 is 0 Å². The largest absolute Gasteiger partial charge is 0.384 e. The number of nitrogens with one attached hydrogen (secondary N) is 1. The molecule has 0 spiro atoms. The van der Waals surface area contributed by atoms with Gasteiger partial charge in [0.25, 0.3) is 0 Å². The van der Waals surface area contributed by atoms with Gasteiger partial charge in [-0.2, -0.15) is 5.10 Å². The maximum Gasteiger partial charge on any atom is 0.126 e. The number of aryl methyl sites for hydroxylation is 1. The number of pyridine rings is 1. The van der Waals surface area contributed by atoms with E-state index in [-0.39, 0.29) is 6.04 Å². The molecular formula is C15H18N6. The summed E-state index contributed by atoms with van der Waals surface area (Å²) in [6.45, 7) is 0. The maximum atomic E-state index is 6.04. The highest BCUT2D eigenvalue weighted by molar-refractivity contribution is 5.81. The Hall–Kier alpha value is -2.44. The molecule has 1 aromatic carbocycles. The Morgan fingerprint density at radius 3 is 2.81 bits per heavy atom. The molecule has 1 unspecified atom stereocenters. The molecule has 0 fully saturated rings. The van der Waals surface area contributed by atoms with Crippen LogP contribution in [0.4, 0.5) is 5.82 Å². The molecule has 108 valence electrons. The molecule has 0 aliphatic heterocycles. The summed E-state index contributed by atoms with van der Waals surface area (Å²) in [5.74, 6) is 6.34. The topological polar surface area (TPSA) is 94.8 Å². The second kappa shape index (κ2) is 5.51. The first-order chi connectivity index (χ1) is 10.2. The first-order valence-corrected chi connectivity index (χ1v) is 6.77. The Morgan fingerprint density at radius 1 is 1.29 bits per heavy atom. The summed E-state index contributed by atoms with van der Waals surface area (Å²) in [4.78, 5) is 4.38. The third kappa shape index (κ3) is 2.46. The molecule has 3 rings (SSSR count). The summed E-state index contributed by atoms with van der Waals surface area (Å²) < 4.78 is 1.64. The molecule has 1 atom stereocenters. The molecule has 2 heterocycles. The lowest BCUT2D eigenvalue weighted by Crippen LogP contribution is -2.30. The lowest BCUT2D eigenvalue weighted by Gasteiger charge is -2.16. The van der Waals surface area contributed by atoms with Gasteiger partial charge in [-0.25, -0.2) is 0 Å². The minimum absolute atomic E-state index is 0.0930. The second-order valence-corrected chi connectivity index (χ2v) is 5.02. The van der Waals surface area contributed by atoms with Crippen LogP contribution in [0.5, 0.6) is 0 Å². The average Bonchev–Trinajstić information content (AvgIpc) is 2.85. The van der Waals surface area contributed by atoms with E-state index in [1.807, 2.05) is 37.5 Å². The van der Waals surface area contributed by atoms with Gasteiger partial charge in [-0.05, 0) is 24.1 Å². The fourth-order valence-electron chi connectivity index (χ4n) is 2.54. The van der Waals surface area contributed by atoms with Gasteiger partial charge in [0.1, 0.15) is 5.82 Å². The third-order valence-corrected chi connectivity index (χ3v) is 3.75. The van der Waals surface area contributed by atoms with Crippen molar-refractivity contribution in [1.29, 1.82) is 0 Å². The van der Waals surface area contributed by atoms with Crippen LogP contribution in [0.3, 0.4) is 0 Å². The Labute approximate surface area is 122 Å². The zero-order valence-corrected chi connectivity index (χ0v) is 11.8. The SMILES string of the molecule is Cn1ncc(C(Cc2ccnc3ccccc23)NN)c1N. The molecule has 0 aliphatic carbocycles. The number of nitrogens with zero attached hydrogens (tertiary/aromatic N) is 3. The Balaban J connectivity index is 1.98. The number of rotatable bonds is 4. The van der Waals surface area contributed by atoms with Crippen LogP contribution in [0.2, 0.25) is 0 Å². The number of hydrazine groups is 1. The Kier molecular flexibility index (Phi) is 3.55. The van der Waals surface area contributed by atoms with E-state index in [4.69, 9.17) is 11.6 Å². The molecule has 0 aliphatic rings. The van der Waals surface area contributed by atoms with E-state index < -0.39 is 0 Å². The van der Waals surface area contributed by atoms with Gasteiger partial charge in [0, 0.05) is 24.2 Å². The molecule has 6 heteroatoms. The van der Waals surface area contributed by atoms with E-state index >= 15 is 0 Å². The quantitative estimate of drug-likeness (QED) is 0.495. The van der Waals surface area contributed by atoms with Crippen LogP contribution in [0.25, 0.3) is 10.9 Å². The molecule has 6 nitrogen and oxygen atoms in total. The number of nitrogens with two attached hydrogens (primary N) is 2. The summed E-state index contributed by atoms with van der Waals surface area (Å²) in [5.41, 5.74) is 11.9. The summed E-state index contributed by atoms with van der Waals surface area (Å²) in [5, 5.41) is 5.30. The number of anilines is 1. The maximum absolute atomic E-state index is 6.04. The number of para-hydroxylation sites is 1. The standard InChI is InChI=1S/C15H18N6/c1-21-15(16)12(9-19-21)14(20-17)8-10-6-7-18-13-5-3-2-4-11(10)13/h2-7,9,14,20H,8,16-17H2,1H3. The molecular weight excluding hydrogens is 264 g/mol. The van der Waals surface area contributed by atoms with Crippen molar-refractivity contribution < 1.29 is 0 Å². The van der Waals surface area contributed by atoms with E-state index in [9.17, 15) is 0 Å². The zero-order valence-electron chi connectivity index (χ0n) is 11.8. The van der Waals surface area contributed by atoms with Crippen molar-refractivity contribution >= 4 is 16.7 Å². The van der Waals surface area contributed by atoms with Gasteiger partial charge >= 0.3 is 0 Å². The van der Waals surface area contributed by atoms with E-state index in [0.717, 1.165) is 22.9 Å². The van der Waals surface area contributed by atoms with Gasteiger partial charge in [0.05, 0.1) is 17.8 Å². The highest BCUT2D eigenvalue weighted by atomic mass is 15.3. The minimum Gasteiger partial charge on any atom is -0.384 e. The number of fused-ring (bicyclic) bond motifs is 1. The van der Waals surface area contributed by atoms with Crippen LogP contribution in [0.15, 0.2) is 42.7 Å². The number of aromatic nitrogens is 3. The van der Waals surface area contributed by atoms with E-state index in [2.05, 4.69) is 21.6 Å². The predicted octanol–water partition coefficient (Wildman–Crippen LogP) is 1.30. The monoisotopic (exact) mass is 282 g/mol. The predicted molar refractivity (Wildman–Crippen MR) is 83.1 cm³/mol. The molecule has 21 heavy (non-hydrogen) atoms. The Bertz CT molecular complexity index is 758. The van der Waals surface area contributed by atoms with Gasteiger partial charge < -0.3 is 5.73 Å². The van der Waals surface area contributed by atoms with E-state index in [0.29, 0.717) is 5.82 Å². The first-order valence-electron chi connectivity index (χ1n) is 6.77. The van der Waals surface area contributed by atoms with Crippen LogP contribution in [0, 0.1) is 0 Å². The molecule has 0 bridgehead atoms. The van der Waals surface area contributed by atoms with Gasteiger partial charge in [0.2, 0.25) is 0 Å². The van der Waals surface area contributed by atoms with E-state index in [1.165, 1.54) is 5.56 Å². The number of hydrogen-bond donors (Lipinski definition) is 3. The average molecular weight is 282 g/mol. The van der Waals surface area contributed by atoms with Crippen molar-refractivity contribution in [3.05, 3.63) is 53.9 Å². The lowest BCUT2D eigenvalue weighted by atomic mass is 9.98. The molecule has 0 amide bonds. The van der Waals surface area contributed by atoms with E-state index in [1.54, 1.807) is 10.9 Å². The van der Waals surface area contributed by atoms with Gasteiger partial charge in [-0.1, -0.05) is 18.2 Å². The summed E-state index contributed by atoms with van der Waals surface area (Å²) >= 11 is 0. The molecule has 0 saturated heterocycles. The van der Waals surface area contributed by atoms with Gasteiger partial charge in [-0.3, -0.25) is 20.9 Å². The van der Waals surface area contributed by atoms with Crippen molar-refractivity contribution in [2.75, 3.05) is 5.73 Å².